The van der Waals surface area contributed by atoms with Gasteiger partial charge in [-0.2, -0.15) is 0 Å². The SMILES string of the molecule is COc1ccc(Cl)cc1N(C)C(=O)C1(CN)CC1. The van der Waals surface area contributed by atoms with E-state index in [1.54, 1.807) is 37.3 Å². The fraction of sp³-hybridized carbons (Fsp3) is 0.462. The smallest absolute Gasteiger partial charge is 0.234 e. The minimum absolute atomic E-state index is 0.0329. The van der Waals surface area contributed by atoms with Crippen molar-refractivity contribution in [3.63, 3.8) is 0 Å². The van der Waals surface area contributed by atoms with Crippen LogP contribution < -0.4 is 15.4 Å². The maximum Gasteiger partial charge on any atom is 0.234 e. The molecule has 1 amide bonds. The molecule has 1 fully saturated rings. The van der Waals surface area contributed by atoms with Gasteiger partial charge < -0.3 is 15.4 Å². The molecular formula is C13H17ClN2O2. The van der Waals surface area contributed by atoms with E-state index in [9.17, 15) is 4.79 Å². The molecule has 0 heterocycles. The van der Waals surface area contributed by atoms with E-state index in [4.69, 9.17) is 22.1 Å². The Bertz CT molecular complexity index is 472. The van der Waals surface area contributed by atoms with Crippen molar-refractivity contribution in [2.45, 2.75) is 12.8 Å². The van der Waals surface area contributed by atoms with Crippen LogP contribution in [0.2, 0.25) is 5.02 Å². The number of amides is 1. The van der Waals surface area contributed by atoms with Crippen molar-refractivity contribution in [3.8, 4) is 5.75 Å². The van der Waals surface area contributed by atoms with Crippen molar-refractivity contribution in [2.24, 2.45) is 11.1 Å². The molecule has 5 heteroatoms. The topological polar surface area (TPSA) is 55.6 Å². The van der Waals surface area contributed by atoms with Crippen molar-refractivity contribution in [1.82, 2.24) is 0 Å². The van der Waals surface area contributed by atoms with Crippen LogP contribution in [0.5, 0.6) is 5.75 Å². The molecule has 1 aromatic rings. The van der Waals surface area contributed by atoms with Crippen LogP contribution >= 0.6 is 11.6 Å². The first-order valence-corrected chi connectivity index (χ1v) is 6.23. The zero-order valence-corrected chi connectivity index (χ0v) is 11.3. The first kappa shape index (κ1) is 13.2. The lowest BCUT2D eigenvalue weighted by atomic mass is 10.1. The lowest BCUT2D eigenvalue weighted by Crippen LogP contribution is -2.38. The van der Waals surface area contributed by atoms with E-state index in [0.717, 1.165) is 12.8 Å². The summed E-state index contributed by atoms with van der Waals surface area (Å²) in [6, 6.07) is 5.21. The van der Waals surface area contributed by atoms with Gasteiger partial charge in [-0.1, -0.05) is 11.6 Å². The van der Waals surface area contributed by atoms with Gasteiger partial charge in [0.15, 0.2) is 0 Å². The fourth-order valence-electron chi connectivity index (χ4n) is 2.05. The Hall–Kier alpha value is -1.26. The van der Waals surface area contributed by atoms with Gasteiger partial charge in [0.25, 0.3) is 0 Å². The highest BCUT2D eigenvalue weighted by Crippen LogP contribution is 2.47. The molecule has 18 heavy (non-hydrogen) atoms. The number of methoxy groups -OCH3 is 1. The Morgan fingerprint density at radius 1 is 1.56 bits per heavy atom. The molecule has 1 saturated carbocycles. The second-order valence-electron chi connectivity index (χ2n) is 4.66. The van der Waals surface area contributed by atoms with Crippen LogP contribution in [0.4, 0.5) is 5.69 Å². The molecule has 0 atom stereocenters. The van der Waals surface area contributed by atoms with Crippen molar-refractivity contribution in [1.29, 1.82) is 0 Å². The number of rotatable bonds is 4. The number of hydrogen-bond acceptors (Lipinski definition) is 3. The highest BCUT2D eigenvalue weighted by atomic mass is 35.5. The van der Waals surface area contributed by atoms with Gasteiger partial charge in [-0.25, -0.2) is 0 Å². The van der Waals surface area contributed by atoms with Crippen LogP contribution in [-0.4, -0.2) is 26.6 Å². The van der Waals surface area contributed by atoms with Crippen LogP contribution in [0.3, 0.4) is 0 Å². The van der Waals surface area contributed by atoms with Crippen LogP contribution in [-0.2, 0) is 4.79 Å². The number of halogens is 1. The third kappa shape index (κ3) is 2.18. The van der Waals surface area contributed by atoms with Crippen molar-refractivity contribution < 1.29 is 9.53 Å². The standard InChI is InChI=1S/C13H17ClN2O2/c1-16(12(17)13(8-15)5-6-13)10-7-9(14)3-4-11(10)18-2/h3-4,7H,5-6,8,15H2,1-2H3. The van der Waals surface area contributed by atoms with Gasteiger partial charge in [-0.3, -0.25) is 4.79 Å². The average molecular weight is 269 g/mol. The number of carbonyl (C=O) groups excluding carboxylic acids is 1. The molecular weight excluding hydrogens is 252 g/mol. The summed E-state index contributed by atoms with van der Waals surface area (Å²) in [4.78, 5) is 14.0. The third-order valence-corrected chi connectivity index (χ3v) is 3.74. The van der Waals surface area contributed by atoms with Gasteiger partial charge in [-0.05, 0) is 31.0 Å². The molecule has 0 aliphatic heterocycles. The van der Waals surface area contributed by atoms with Crippen LogP contribution in [0, 0.1) is 5.41 Å². The number of carbonyl (C=O) groups is 1. The summed E-state index contributed by atoms with van der Waals surface area (Å²) in [5, 5.41) is 0.572. The molecule has 0 bridgehead atoms. The molecule has 98 valence electrons. The van der Waals surface area contributed by atoms with Crippen molar-refractivity contribution in [3.05, 3.63) is 23.2 Å². The number of nitrogens with two attached hydrogens (primary N) is 1. The molecule has 0 spiro atoms. The Kier molecular flexibility index (Phi) is 3.50. The quantitative estimate of drug-likeness (QED) is 0.909. The zero-order chi connectivity index (χ0) is 13.3. The van der Waals surface area contributed by atoms with Crippen molar-refractivity contribution in [2.75, 3.05) is 25.6 Å². The number of anilines is 1. The number of benzene rings is 1. The molecule has 0 radical (unpaired) electrons. The van der Waals surface area contributed by atoms with Gasteiger partial charge in [0, 0.05) is 18.6 Å². The van der Waals surface area contributed by atoms with Gasteiger partial charge in [0.05, 0.1) is 18.2 Å². The highest BCUT2D eigenvalue weighted by molar-refractivity contribution is 6.31. The Labute approximate surface area is 112 Å². The van der Waals surface area contributed by atoms with E-state index in [2.05, 4.69) is 0 Å². The number of nitrogens with zero attached hydrogens (tertiary/aromatic N) is 1. The van der Waals surface area contributed by atoms with Gasteiger partial charge in [-0.15, -0.1) is 0 Å². The average Bonchev–Trinajstić information content (AvgIpc) is 3.18. The maximum absolute atomic E-state index is 12.4. The Morgan fingerprint density at radius 2 is 2.22 bits per heavy atom. The number of ether oxygens (including phenoxy) is 1. The second-order valence-corrected chi connectivity index (χ2v) is 5.10. The lowest BCUT2D eigenvalue weighted by Gasteiger charge is -2.24. The van der Waals surface area contributed by atoms with Crippen LogP contribution in [0.15, 0.2) is 18.2 Å². The Morgan fingerprint density at radius 3 is 2.72 bits per heavy atom. The van der Waals surface area contributed by atoms with Crippen molar-refractivity contribution >= 4 is 23.2 Å². The minimum Gasteiger partial charge on any atom is -0.495 e. The summed E-state index contributed by atoms with van der Waals surface area (Å²) in [6.07, 6.45) is 1.71. The molecule has 0 aromatic heterocycles. The largest absolute Gasteiger partial charge is 0.495 e. The summed E-state index contributed by atoms with van der Waals surface area (Å²) >= 11 is 5.97. The van der Waals surface area contributed by atoms with Crippen LogP contribution in [0.1, 0.15) is 12.8 Å². The zero-order valence-electron chi connectivity index (χ0n) is 10.6. The first-order chi connectivity index (χ1) is 8.54. The van der Waals surface area contributed by atoms with Crippen LogP contribution in [0.25, 0.3) is 0 Å². The fourth-order valence-corrected chi connectivity index (χ4v) is 2.21. The Balaban J connectivity index is 2.31. The lowest BCUT2D eigenvalue weighted by molar-refractivity contribution is -0.123. The monoisotopic (exact) mass is 268 g/mol. The highest BCUT2D eigenvalue weighted by Gasteiger charge is 2.50. The van der Waals surface area contributed by atoms with E-state index in [1.165, 1.54) is 0 Å². The molecule has 2 rings (SSSR count). The van der Waals surface area contributed by atoms with E-state index in [1.807, 2.05) is 0 Å². The predicted molar refractivity (Wildman–Crippen MR) is 72.1 cm³/mol. The van der Waals surface area contributed by atoms with E-state index in [-0.39, 0.29) is 11.3 Å². The first-order valence-electron chi connectivity index (χ1n) is 5.86. The molecule has 1 aliphatic rings. The van der Waals surface area contributed by atoms with Gasteiger partial charge >= 0.3 is 0 Å². The second kappa shape index (κ2) is 4.78. The summed E-state index contributed by atoms with van der Waals surface area (Å²) in [5.41, 5.74) is 5.98. The van der Waals surface area contributed by atoms with E-state index >= 15 is 0 Å². The van der Waals surface area contributed by atoms with E-state index in [0.29, 0.717) is 23.0 Å². The van der Waals surface area contributed by atoms with E-state index < -0.39 is 0 Å². The molecule has 1 aromatic carbocycles. The number of hydrogen-bond donors (Lipinski definition) is 1. The summed E-state index contributed by atoms with van der Waals surface area (Å²) in [7, 11) is 3.30. The molecule has 0 unspecified atom stereocenters. The molecule has 2 N–H and O–H groups in total. The third-order valence-electron chi connectivity index (χ3n) is 3.50. The maximum atomic E-state index is 12.4. The molecule has 0 saturated heterocycles. The summed E-state index contributed by atoms with van der Waals surface area (Å²) in [6.45, 7) is 0.388. The minimum atomic E-state index is -0.373. The van der Waals surface area contributed by atoms with Gasteiger partial charge in [0.2, 0.25) is 5.91 Å². The summed E-state index contributed by atoms with van der Waals surface area (Å²) in [5.74, 6) is 0.661. The van der Waals surface area contributed by atoms with Gasteiger partial charge in [0.1, 0.15) is 5.75 Å². The molecule has 1 aliphatic carbocycles. The molecule has 4 nitrogen and oxygen atoms in total. The normalized spacial score (nSPS) is 16.2. The predicted octanol–water partition coefficient (Wildman–Crippen LogP) is 2.05. The summed E-state index contributed by atoms with van der Waals surface area (Å²) < 4.78 is 5.25.